The van der Waals surface area contributed by atoms with E-state index >= 15 is 0 Å². The number of hydrogen-bond donors (Lipinski definition) is 1. The first-order valence-electron chi connectivity index (χ1n) is 7.54. The molecule has 0 saturated heterocycles. The molecule has 1 N–H and O–H groups in total. The smallest absolute Gasteiger partial charge is 0.125 e. The van der Waals surface area contributed by atoms with Gasteiger partial charge in [-0.2, -0.15) is 5.10 Å². The summed E-state index contributed by atoms with van der Waals surface area (Å²) in [6.45, 7) is 9.48. The Morgan fingerprint density at radius 1 is 1.24 bits per heavy atom. The third-order valence-electron chi connectivity index (χ3n) is 3.65. The number of benzene rings is 1. The third kappa shape index (κ3) is 3.27. The molecular weight excluding hydrogens is 262 g/mol. The molecule has 1 aromatic heterocycles. The Labute approximate surface area is 127 Å². The predicted molar refractivity (Wildman–Crippen MR) is 86.3 cm³/mol. The molecule has 4 heteroatoms. The van der Waals surface area contributed by atoms with Crippen molar-refractivity contribution >= 4 is 0 Å². The van der Waals surface area contributed by atoms with Gasteiger partial charge in [0.25, 0.3) is 0 Å². The van der Waals surface area contributed by atoms with Gasteiger partial charge in [0.2, 0.25) is 0 Å². The topological polar surface area (TPSA) is 39.1 Å². The van der Waals surface area contributed by atoms with Gasteiger partial charge in [-0.25, -0.2) is 4.68 Å². The van der Waals surface area contributed by atoms with E-state index in [0.29, 0.717) is 5.92 Å². The lowest BCUT2D eigenvalue weighted by molar-refractivity contribution is 0.401. The molecule has 0 spiro atoms. The van der Waals surface area contributed by atoms with Gasteiger partial charge in [-0.15, -0.1) is 0 Å². The second-order valence-electron chi connectivity index (χ2n) is 5.51. The molecule has 0 radical (unpaired) electrons. The zero-order valence-corrected chi connectivity index (χ0v) is 13.6. The van der Waals surface area contributed by atoms with Gasteiger partial charge >= 0.3 is 0 Å². The summed E-state index contributed by atoms with van der Waals surface area (Å²) in [5.74, 6) is 1.31. The van der Waals surface area contributed by atoms with Crippen molar-refractivity contribution < 1.29 is 4.74 Å². The van der Waals surface area contributed by atoms with Gasteiger partial charge in [-0.3, -0.25) is 0 Å². The lowest BCUT2D eigenvalue weighted by Gasteiger charge is -2.20. The number of hydrogen-bond acceptors (Lipinski definition) is 3. The maximum absolute atomic E-state index is 5.55. The Kier molecular flexibility index (Phi) is 5.02. The number of rotatable bonds is 6. The zero-order chi connectivity index (χ0) is 15.4. The van der Waals surface area contributed by atoms with E-state index < -0.39 is 0 Å². The van der Waals surface area contributed by atoms with E-state index in [0.717, 1.165) is 29.2 Å². The van der Waals surface area contributed by atoms with Crippen molar-refractivity contribution in [1.29, 1.82) is 0 Å². The summed E-state index contributed by atoms with van der Waals surface area (Å²) in [5.41, 5.74) is 3.30. The Morgan fingerprint density at radius 2 is 2.00 bits per heavy atom. The molecule has 1 atom stereocenters. The van der Waals surface area contributed by atoms with Gasteiger partial charge in [0.1, 0.15) is 5.75 Å². The van der Waals surface area contributed by atoms with E-state index in [1.807, 2.05) is 23.0 Å². The standard InChI is InChI=1S/C17H25N3O/c1-6-18-13(4)17-15(8-7-9-16(17)21-5)20-11-10-14(19-20)12(2)3/h7-13,18H,6H2,1-5H3. The summed E-state index contributed by atoms with van der Waals surface area (Å²) >= 11 is 0. The van der Waals surface area contributed by atoms with Gasteiger partial charge in [0.05, 0.1) is 18.5 Å². The second kappa shape index (κ2) is 6.76. The van der Waals surface area contributed by atoms with Crippen molar-refractivity contribution in [2.75, 3.05) is 13.7 Å². The molecule has 0 saturated carbocycles. The molecular formula is C17H25N3O. The van der Waals surface area contributed by atoms with E-state index in [1.165, 1.54) is 0 Å². The summed E-state index contributed by atoms with van der Waals surface area (Å²) in [5, 5.41) is 8.15. The molecule has 1 aromatic carbocycles. The maximum Gasteiger partial charge on any atom is 0.125 e. The van der Waals surface area contributed by atoms with E-state index in [4.69, 9.17) is 9.84 Å². The Bertz CT molecular complexity index is 589. The molecule has 0 aliphatic carbocycles. The number of ether oxygens (including phenoxy) is 1. The first-order valence-corrected chi connectivity index (χ1v) is 7.54. The fourth-order valence-corrected chi connectivity index (χ4v) is 2.53. The van der Waals surface area contributed by atoms with Gasteiger partial charge in [0, 0.05) is 17.8 Å². The van der Waals surface area contributed by atoms with Gasteiger partial charge in [0.15, 0.2) is 0 Å². The fraction of sp³-hybridized carbons (Fsp3) is 0.471. The highest BCUT2D eigenvalue weighted by atomic mass is 16.5. The zero-order valence-electron chi connectivity index (χ0n) is 13.6. The lowest BCUT2D eigenvalue weighted by atomic mass is 10.0. The Balaban J connectivity index is 2.51. The summed E-state index contributed by atoms with van der Waals surface area (Å²) in [7, 11) is 1.71. The molecule has 1 unspecified atom stereocenters. The van der Waals surface area contributed by atoms with Crippen LogP contribution in [0.3, 0.4) is 0 Å². The van der Waals surface area contributed by atoms with Crippen molar-refractivity contribution in [3.63, 3.8) is 0 Å². The van der Waals surface area contributed by atoms with Crippen LogP contribution in [0, 0.1) is 0 Å². The average molecular weight is 287 g/mol. The van der Waals surface area contributed by atoms with Crippen molar-refractivity contribution in [1.82, 2.24) is 15.1 Å². The Hall–Kier alpha value is -1.81. The Morgan fingerprint density at radius 3 is 2.57 bits per heavy atom. The average Bonchev–Trinajstić information content (AvgIpc) is 2.96. The molecule has 4 nitrogen and oxygen atoms in total. The van der Waals surface area contributed by atoms with Crippen molar-refractivity contribution in [2.24, 2.45) is 0 Å². The molecule has 0 aliphatic rings. The summed E-state index contributed by atoms with van der Waals surface area (Å²) in [6.07, 6.45) is 2.02. The van der Waals surface area contributed by atoms with Crippen molar-refractivity contribution in [3.05, 3.63) is 41.7 Å². The highest BCUT2D eigenvalue weighted by Gasteiger charge is 2.17. The van der Waals surface area contributed by atoms with Crippen LogP contribution in [0.2, 0.25) is 0 Å². The van der Waals surface area contributed by atoms with Crippen LogP contribution in [0.4, 0.5) is 0 Å². The van der Waals surface area contributed by atoms with Crippen molar-refractivity contribution in [2.45, 2.75) is 39.7 Å². The fourth-order valence-electron chi connectivity index (χ4n) is 2.53. The minimum absolute atomic E-state index is 0.202. The van der Waals surface area contributed by atoms with E-state index in [-0.39, 0.29) is 6.04 Å². The number of aromatic nitrogens is 2. The SMILES string of the molecule is CCNC(C)c1c(OC)cccc1-n1ccc(C(C)C)n1. The number of nitrogens with zero attached hydrogens (tertiary/aromatic N) is 2. The quantitative estimate of drug-likeness (QED) is 0.881. The predicted octanol–water partition coefficient (Wildman–Crippen LogP) is 3.67. The third-order valence-corrected chi connectivity index (χ3v) is 3.65. The monoisotopic (exact) mass is 287 g/mol. The van der Waals surface area contributed by atoms with Gasteiger partial charge in [-0.05, 0) is 37.6 Å². The molecule has 0 amide bonds. The summed E-state index contributed by atoms with van der Waals surface area (Å²) in [4.78, 5) is 0. The van der Waals surface area contributed by atoms with Crippen LogP contribution in [-0.4, -0.2) is 23.4 Å². The molecule has 0 fully saturated rings. The summed E-state index contributed by atoms with van der Waals surface area (Å²) < 4.78 is 7.49. The van der Waals surface area contributed by atoms with Gasteiger partial charge in [-0.1, -0.05) is 26.8 Å². The molecule has 2 aromatic rings. The van der Waals surface area contributed by atoms with Crippen LogP contribution in [0.25, 0.3) is 5.69 Å². The van der Waals surface area contributed by atoms with Gasteiger partial charge < -0.3 is 10.1 Å². The molecule has 114 valence electrons. The maximum atomic E-state index is 5.55. The van der Waals surface area contributed by atoms with Crippen molar-refractivity contribution in [3.8, 4) is 11.4 Å². The minimum atomic E-state index is 0.202. The molecule has 2 rings (SSSR count). The largest absolute Gasteiger partial charge is 0.496 e. The first kappa shape index (κ1) is 15.6. The van der Waals surface area contributed by atoms with E-state index in [9.17, 15) is 0 Å². The first-order chi connectivity index (χ1) is 10.1. The van der Waals surface area contributed by atoms with Crippen LogP contribution in [0.5, 0.6) is 5.75 Å². The second-order valence-corrected chi connectivity index (χ2v) is 5.51. The number of methoxy groups -OCH3 is 1. The van der Waals surface area contributed by atoms with E-state index in [1.54, 1.807) is 7.11 Å². The highest BCUT2D eigenvalue weighted by Crippen LogP contribution is 2.31. The number of nitrogens with one attached hydrogen (secondary N) is 1. The van der Waals surface area contributed by atoms with E-state index in [2.05, 4.69) is 45.1 Å². The van der Waals surface area contributed by atoms with Crippen LogP contribution in [-0.2, 0) is 0 Å². The van der Waals surface area contributed by atoms with Crippen LogP contribution in [0.1, 0.15) is 50.9 Å². The van der Waals surface area contributed by atoms with Crippen LogP contribution >= 0.6 is 0 Å². The summed E-state index contributed by atoms with van der Waals surface area (Å²) in [6, 6.07) is 8.37. The molecule has 21 heavy (non-hydrogen) atoms. The highest BCUT2D eigenvalue weighted by molar-refractivity contribution is 5.51. The molecule has 1 heterocycles. The molecule has 0 aliphatic heterocycles. The minimum Gasteiger partial charge on any atom is -0.496 e. The van der Waals surface area contributed by atoms with Crippen LogP contribution < -0.4 is 10.1 Å². The molecule has 0 bridgehead atoms. The van der Waals surface area contributed by atoms with Crippen LogP contribution in [0.15, 0.2) is 30.5 Å². The normalized spacial score (nSPS) is 12.7. The lowest BCUT2D eigenvalue weighted by Crippen LogP contribution is -2.20.